The average Bonchev–Trinajstić information content (AvgIpc) is 3.55. The van der Waals surface area contributed by atoms with Crippen LogP contribution < -0.4 is 10.1 Å². The van der Waals surface area contributed by atoms with E-state index in [1.165, 1.54) is 24.3 Å². The van der Waals surface area contributed by atoms with Crippen LogP contribution in [0.15, 0.2) is 47.4 Å². The Bertz CT molecular complexity index is 1170. The number of carbonyl (C=O) groups excluding carboxylic acids is 1. The number of halogens is 6. The van der Waals surface area contributed by atoms with Crippen LogP contribution in [-0.4, -0.2) is 44.6 Å². The Morgan fingerprint density at radius 3 is 2.09 bits per heavy atom. The van der Waals surface area contributed by atoms with Crippen molar-refractivity contribution >= 4 is 21.4 Å². The first-order chi connectivity index (χ1) is 16.1. The number of amides is 1. The van der Waals surface area contributed by atoms with E-state index in [9.17, 15) is 44.7 Å². The van der Waals surface area contributed by atoms with E-state index >= 15 is 0 Å². The summed E-state index contributed by atoms with van der Waals surface area (Å²) in [6.45, 7) is 0. The van der Waals surface area contributed by atoms with Gasteiger partial charge in [0.15, 0.2) is 9.84 Å². The van der Waals surface area contributed by atoms with Crippen molar-refractivity contribution in [3.05, 3.63) is 53.6 Å². The summed E-state index contributed by atoms with van der Waals surface area (Å²) in [7, 11) is -2.61. The topological polar surface area (TPSA) is 92.7 Å². The van der Waals surface area contributed by atoms with Crippen molar-refractivity contribution in [1.82, 2.24) is 0 Å². The monoisotopic (exact) mass is 525 g/mol. The Morgan fingerprint density at radius 2 is 1.60 bits per heavy atom. The summed E-state index contributed by atoms with van der Waals surface area (Å²) in [6, 6.07) is 7.48. The third-order valence-corrected chi connectivity index (χ3v) is 7.40. The Morgan fingerprint density at radius 1 is 1.03 bits per heavy atom. The van der Waals surface area contributed by atoms with E-state index in [4.69, 9.17) is 0 Å². The van der Waals surface area contributed by atoms with Gasteiger partial charge in [0.05, 0.1) is 24.2 Å². The van der Waals surface area contributed by atoms with Gasteiger partial charge < -0.3 is 15.2 Å². The summed E-state index contributed by atoms with van der Waals surface area (Å²) in [5.41, 5.74) is -6.51. The molecule has 0 heterocycles. The van der Waals surface area contributed by atoms with Crippen molar-refractivity contribution in [2.75, 3.05) is 18.2 Å². The molecule has 0 spiro atoms. The summed E-state index contributed by atoms with van der Waals surface area (Å²) >= 11 is 0. The molecule has 0 aliphatic heterocycles. The Labute approximate surface area is 196 Å². The van der Waals surface area contributed by atoms with Crippen molar-refractivity contribution in [3.63, 3.8) is 0 Å². The molecule has 35 heavy (non-hydrogen) atoms. The number of nitrogens with one attached hydrogen (secondary N) is 1. The lowest BCUT2D eigenvalue weighted by Gasteiger charge is -2.33. The van der Waals surface area contributed by atoms with Crippen LogP contribution in [0.4, 0.5) is 32.0 Å². The molecule has 0 bridgehead atoms. The van der Waals surface area contributed by atoms with Crippen LogP contribution in [0.5, 0.6) is 5.75 Å². The normalized spacial score (nSPS) is 15.1. The van der Waals surface area contributed by atoms with E-state index in [1.807, 2.05) is 0 Å². The predicted octanol–water partition coefficient (Wildman–Crippen LogP) is 4.37. The molecule has 0 aromatic heterocycles. The number of carbonyl (C=O) groups is 1. The van der Waals surface area contributed by atoms with E-state index in [1.54, 1.807) is 0 Å². The predicted molar refractivity (Wildman–Crippen MR) is 113 cm³/mol. The summed E-state index contributed by atoms with van der Waals surface area (Å²) in [5, 5.41) is 11.9. The first-order valence-corrected chi connectivity index (χ1v) is 11.9. The molecule has 0 radical (unpaired) electrons. The Hall–Kier alpha value is -2.80. The third-order valence-electron chi connectivity index (χ3n) is 5.49. The summed E-state index contributed by atoms with van der Waals surface area (Å²) in [4.78, 5) is 12.5. The van der Waals surface area contributed by atoms with Crippen molar-refractivity contribution in [2.45, 2.75) is 42.1 Å². The number of sulfone groups is 1. The standard InChI is InChI=1S/C22H21F6NO5S/c1-34-18-11-15(6-9-17(18)20(31,21(23,24)25)22(26,27)28)29-19(30)10-13-4-7-16(8-5-13)35(32,33)12-14-2-3-14/h4-9,11,14,31H,2-3,10,12H2,1H3,(H,29,30). The first kappa shape index (κ1) is 26.8. The molecule has 2 aromatic carbocycles. The van der Waals surface area contributed by atoms with Crippen LogP contribution in [0.1, 0.15) is 24.0 Å². The van der Waals surface area contributed by atoms with E-state index in [-0.39, 0.29) is 28.7 Å². The highest BCUT2D eigenvalue weighted by Gasteiger charge is 2.72. The molecule has 6 nitrogen and oxygen atoms in total. The third kappa shape index (κ3) is 5.72. The maximum absolute atomic E-state index is 13.2. The lowest BCUT2D eigenvalue weighted by Crippen LogP contribution is -2.54. The van der Waals surface area contributed by atoms with Gasteiger partial charge in [0.2, 0.25) is 5.91 Å². The van der Waals surface area contributed by atoms with E-state index in [0.29, 0.717) is 11.6 Å². The van der Waals surface area contributed by atoms with Gasteiger partial charge in [0.25, 0.3) is 5.60 Å². The number of rotatable bonds is 8. The molecule has 2 N–H and O–H groups in total. The number of methoxy groups -OCH3 is 1. The van der Waals surface area contributed by atoms with Crippen LogP contribution in [0.3, 0.4) is 0 Å². The van der Waals surface area contributed by atoms with Gasteiger partial charge in [-0.1, -0.05) is 12.1 Å². The maximum atomic E-state index is 13.2. The van der Waals surface area contributed by atoms with Crippen molar-refractivity contribution in [3.8, 4) is 5.75 Å². The highest BCUT2D eigenvalue weighted by Crippen LogP contribution is 2.52. The fourth-order valence-electron chi connectivity index (χ4n) is 3.43. The Kier molecular flexibility index (Phi) is 7.15. The molecular weight excluding hydrogens is 504 g/mol. The molecule has 1 amide bonds. The van der Waals surface area contributed by atoms with Gasteiger partial charge in [-0.25, -0.2) is 8.42 Å². The summed E-state index contributed by atoms with van der Waals surface area (Å²) < 4.78 is 108. The molecule has 1 saturated carbocycles. The average molecular weight is 525 g/mol. The minimum Gasteiger partial charge on any atom is -0.496 e. The minimum atomic E-state index is -6.10. The van der Waals surface area contributed by atoms with Gasteiger partial charge in [0.1, 0.15) is 5.75 Å². The molecule has 1 aliphatic rings. The lowest BCUT2D eigenvalue weighted by atomic mass is 9.91. The summed E-state index contributed by atoms with van der Waals surface area (Å²) in [6.07, 6.45) is -10.7. The van der Waals surface area contributed by atoms with Gasteiger partial charge in [-0.2, -0.15) is 26.3 Å². The van der Waals surface area contributed by atoms with Crippen LogP contribution in [-0.2, 0) is 26.7 Å². The molecule has 0 saturated heterocycles. The summed E-state index contributed by atoms with van der Waals surface area (Å²) in [5.74, 6) is -1.39. The van der Waals surface area contributed by atoms with Gasteiger partial charge in [-0.05, 0) is 48.6 Å². The van der Waals surface area contributed by atoms with E-state index in [2.05, 4.69) is 10.1 Å². The molecule has 0 atom stereocenters. The largest absolute Gasteiger partial charge is 0.496 e. The number of alkyl halides is 6. The molecule has 1 aliphatic carbocycles. The number of ether oxygens (including phenoxy) is 1. The maximum Gasteiger partial charge on any atom is 0.430 e. The molecule has 13 heteroatoms. The SMILES string of the molecule is COc1cc(NC(=O)Cc2ccc(S(=O)(=O)CC3CC3)cc2)ccc1C(O)(C(F)(F)F)C(F)(F)F. The van der Waals surface area contributed by atoms with Gasteiger partial charge in [0, 0.05) is 17.3 Å². The minimum absolute atomic E-state index is 0.0580. The quantitative estimate of drug-likeness (QED) is 0.500. The number of benzene rings is 2. The highest BCUT2D eigenvalue weighted by atomic mass is 32.2. The molecular formula is C22H21F6NO5S. The lowest BCUT2D eigenvalue weighted by molar-refractivity contribution is -0.376. The van der Waals surface area contributed by atoms with Crippen LogP contribution in [0.25, 0.3) is 0 Å². The number of hydrogen-bond donors (Lipinski definition) is 2. The number of aliphatic hydroxyl groups is 1. The van der Waals surface area contributed by atoms with E-state index in [0.717, 1.165) is 32.1 Å². The first-order valence-electron chi connectivity index (χ1n) is 10.2. The van der Waals surface area contributed by atoms with Crippen molar-refractivity contribution < 1.29 is 49.4 Å². The molecule has 0 unspecified atom stereocenters. The second kappa shape index (κ2) is 9.34. The van der Waals surface area contributed by atoms with Crippen LogP contribution in [0, 0.1) is 5.92 Å². The van der Waals surface area contributed by atoms with Gasteiger partial charge in [-0.15, -0.1) is 0 Å². The second-order valence-corrected chi connectivity index (χ2v) is 10.2. The van der Waals surface area contributed by atoms with E-state index < -0.39 is 45.0 Å². The van der Waals surface area contributed by atoms with Gasteiger partial charge >= 0.3 is 12.4 Å². The zero-order chi connectivity index (χ0) is 26.2. The molecule has 2 aromatic rings. The highest BCUT2D eigenvalue weighted by molar-refractivity contribution is 7.91. The van der Waals surface area contributed by atoms with Crippen LogP contribution in [0.2, 0.25) is 0 Å². The Balaban J connectivity index is 1.75. The zero-order valence-corrected chi connectivity index (χ0v) is 19.0. The number of hydrogen-bond acceptors (Lipinski definition) is 5. The molecule has 192 valence electrons. The van der Waals surface area contributed by atoms with Crippen molar-refractivity contribution in [2.24, 2.45) is 5.92 Å². The zero-order valence-electron chi connectivity index (χ0n) is 18.2. The fraction of sp³-hybridized carbons (Fsp3) is 0.409. The fourth-order valence-corrected chi connectivity index (χ4v) is 5.13. The van der Waals surface area contributed by atoms with Gasteiger partial charge in [-0.3, -0.25) is 4.79 Å². The number of anilines is 1. The second-order valence-electron chi connectivity index (χ2n) is 8.21. The smallest absolute Gasteiger partial charge is 0.430 e. The molecule has 3 rings (SSSR count). The van der Waals surface area contributed by atoms with Crippen LogP contribution >= 0.6 is 0 Å². The molecule has 1 fully saturated rings. The van der Waals surface area contributed by atoms with Crippen molar-refractivity contribution in [1.29, 1.82) is 0 Å².